The SMILES string of the molecule is N#CCC[C@@H](CN1C(=O)c2ccccc2C1=O)N(Cc1ccccc1)Cc1ccccc1. The predicted molar refractivity (Wildman–Crippen MR) is 123 cm³/mol. The van der Waals surface area contributed by atoms with Gasteiger partial charge in [-0.25, -0.2) is 0 Å². The predicted octanol–water partition coefficient (Wildman–Crippen LogP) is 4.66. The van der Waals surface area contributed by atoms with Crippen molar-refractivity contribution in [2.24, 2.45) is 0 Å². The minimum atomic E-state index is -0.257. The van der Waals surface area contributed by atoms with Crippen molar-refractivity contribution in [2.45, 2.75) is 32.0 Å². The molecule has 4 rings (SSSR count). The Labute approximate surface area is 188 Å². The second-order valence-electron chi connectivity index (χ2n) is 7.99. The van der Waals surface area contributed by atoms with E-state index in [1.807, 2.05) is 36.4 Å². The third kappa shape index (κ3) is 4.77. The van der Waals surface area contributed by atoms with Crippen LogP contribution in [0.4, 0.5) is 0 Å². The molecular weight excluding hydrogens is 398 g/mol. The molecule has 0 saturated carbocycles. The van der Waals surface area contributed by atoms with Gasteiger partial charge >= 0.3 is 0 Å². The number of imide groups is 1. The summed E-state index contributed by atoms with van der Waals surface area (Å²) in [4.78, 5) is 29.6. The van der Waals surface area contributed by atoms with Gasteiger partial charge in [0.1, 0.15) is 0 Å². The first kappa shape index (κ1) is 21.5. The zero-order chi connectivity index (χ0) is 22.3. The molecule has 1 heterocycles. The molecule has 3 aromatic carbocycles. The number of benzene rings is 3. The highest BCUT2D eigenvalue weighted by Gasteiger charge is 2.37. The average molecular weight is 424 g/mol. The first-order valence-electron chi connectivity index (χ1n) is 10.8. The average Bonchev–Trinajstić information content (AvgIpc) is 3.07. The molecule has 2 amide bonds. The van der Waals surface area contributed by atoms with Gasteiger partial charge in [-0.15, -0.1) is 0 Å². The molecule has 0 saturated heterocycles. The molecule has 160 valence electrons. The van der Waals surface area contributed by atoms with Gasteiger partial charge in [-0.1, -0.05) is 72.8 Å². The van der Waals surface area contributed by atoms with Crippen LogP contribution in [0.1, 0.15) is 44.7 Å². The molecule has 0 aromatic heterocycles. The smallest absolute Gasteiger partial charge is 0.261 e. The number of amides is 2. The summed E-state index contributed by atoms with van der Waals surface area (Å²) in [5.74, 6) is -0.515. The van der Waals surface area contributed by atoms with Gasteiger partial charge in [0.05, 0.1) is 17.2 Å². The summed E-state index contributed by atoms with van der Waals surface area (Å²) in [5.41, 5.74) is 3.20. The molecule has 5 heteroatoms. The summed E-state index contributed by atoms with van der Waals surface area (Å²) in [6.45, 7) is 1.58. The van der Waals surface area contributed by atoms with Crippen molar-refractivity contribution >= 4 is 11.8 Å². The number of rotatable bonds is 9. The first-order valence-corrected chi connectivity index (χ1v) is 10.8. The Morgan fingerprint density at radius 2 is 1.22 bits per heavy atom. The standard InChI is InChI=1S/C27H25N3O2/c28-17-9-14-23(20-30-26(31)24-15-7-8-16-25(24)27(30)32)29(18-21-10-3-1-4-11-21)19-22-12-5-2-6-13-22/h1-8,10-13,15-16,23H,9,14,18-20H2/t23-/m0/s1. The van der Waals surface area contributed by atoms with E-state index in [9.17, 15) is 14.9 Å². The fraction of sp³-hybridized carbons (Fsp3) is 0.222. The largest absolute Gasteiger partial charge is 0.290 e. The van der Waals surface area contributed by atoms with Crippen LogP contribution in [-0.4, -0.2) is 34.2 Å². The van der Waals surface area contributed by atoms with Crippen LogP contribution in [0.2, 0.25) is 0 Å². The Balaban J connectivity index is 1.62. The monoisotopic (exact) mass is 423 g/mol. The molecule has 0 fully saturated rings. The first-order chi connectivity index (χ1) is 15.7. The van der Waals surface area contributed by atoms with Crippen LogP contribution < -0.4 is 0 Å². The maximum Gasteiger partial charge on any atom is 0.261 e. The highest BCUT2D eigenvalue weighted by Crippen LogP contribution is 2.25. The van der Waals surface area contributed by atoms with E-state index in [2.05, 4.69) is 35.2 Å². The van der Waals surface area contributed by atoms with E-state index in [-0.39, 0.29) is 24.4 Å². The van der Waals surface area contributed by atoms with E-state index in [0.29, 0.717) is 37.1 Å². The van der Waals surface area contributed by atoms with Crippen LogP contribution in [0.3, 0.4) is 0 Å². The van der Waals surface area contributed by atoms with E-state index in [1.165, 1.54) is 4.90 Å². The molecular formula is C27H25N3O2. The zero-order valence-electron chi connectivity index (χ0n) is 17.9. The molecule has 1 atom stereocenters. The van der Waals surface area contributed by atoms with Crippen molar-refractivity contribution in [3.05, 3.63) is 107 Å². The van der Waals surface area contributed by atoms with Crippen molar-refractivity contribution in [1.82, 2.24) is 9.80 Å². The van der Waals surface area contributed by atoms with Gasteiger partial charge in [0.2, 0.25) is 0 Å². The topological polar surface area (TPSA) is 64.4 Å². The molecule has 0 aliphatic carbocycles. The quantitative estimate of drug-likeness (QED) is 0.470. The van der Waals surface area contributed by atoms with Crippen molar-refractivity contribution in [3.63, 3.8) is 0 Å². The lowest BCUT2D eigenvalue weighted by molar-refractivity contribution is 0.0568. The van der Waals surface area contributed by atoms with E-state index >= 15 is 0 Å². The molecule has 3 aromatic rings. The minimum absolute atomic E-state index is 0.141. The van der Waals surface area contributed by atoms with E-state index in [0.717, 1.165) is 11.1 Å². The second-order valence-corrected chi connectivity index (χ2v) is 7.99. The maximum atomic E-state index is 13.0. The van der Waals surface area contributed by atoms with E-state index < -0.39 is 0 Å². The number of carbonyl (C=O) groups excluding carboxylic acids is 2. The van der Waals surface area contributed by atoms with Crippen LogP contribution in [0.25, 0.3) is 0 Å². The van der Waals surface area contributed by atoms with Crippen molar-refractivity contribution in [3.8, 4) is 6.07 Å². The Kier molecular flexibility index (Phi) is 6.74. The van der Waals surface area contributed by atoms with Gasteiger partial charge in [-0.2, -0.15) is 5.26 Å². The highest BCUT2D eigenvalue weighted by molar-refractivity contribution is 6.21. The van der Waals surface area contributed by atoms with Gasteiger partial charge in [-0.05, 0) is 29.7 Å². The number of nitriles is 1. The van der Waals surface area contributed by atoms with Crippen molar-refractivity contribution < 1.29 is 9.59 Å². The van der Waals surface area contributed by atoms with Crippen LogP contribution in [-0.2, 0) is 13.1 Å². The number of nitrogens with zero attached hydrogens (tertiary/aromatic N) is 3. The van der Waals surface area contributed by atoms with Crippen LogP contribution in [0, 0.1) is 11.3 Å². The third-order valence-corrected chi connectivity index (χ3v) is 5.83. The number of carbonyl (C=O) groups is 2. The molecule has 1 aliphatic rings. The lowest BCUT2D eigenvalue weighted by atomic mass is 10.1. The summed E-state index contributed by atoms with van der Waals surface area (Å²) in [6.07, 6.45) is 0.928. The third-order valence-electron chi connectivity index (χ3n) is 5.83. The molecule has 5 nitrogen and oxygen atoms in total. The van der Waals surface area contributed by atoms with Gasteiger partial charge in [0.15, 0.2) is 0 Å². The Morgan fingerprint density at radius 1 is 0.750 bits per heavy atom. The van der Waals surface area contributed by atoms with Gasteiger partial charge in [-0.3, -0.25) is 19.4 Å². The lowest BCUT2D eigenvalue weighted by Gasteiger charge is -2.34. The summed E-state index contributed by atoms with van der Waals surface area (Å²) in [5, 5.41) is 9.27. The fourth-order valence-corrected chi connectivity index (χ4v) is 4.19. The number of hydrogen-bond donors (Lipinski definition) is 0. The van der Waals surface area contributed by atoms with Gasteiger partial charge in [0.25, 0.3) is 11.8 Å². The molecule has 32 heavy (non-hydrogen) atoms. The highest BCUT2D eigenvalue weighted by atomic mass is 16.2. The fourth-order valence-electron chi connectivity index (χ4n) is 4.19. The summed E-state index contributed by atoms with van der Waals surface area (Å²) in [7, 11) is 0. The van der Waals surface area contributed by atoms with Crippen LogP contribution >= 0.6 is 0 Å². The zero-order valence-corrected chi connectivity index (χ0v) is 17.9. The van der Waals surface area contributed by atoms with Gasteiger partial charge < -0.3 is 0 Å². The molecule has 0 spiro atoms. The molecule has 0 radical (unpaired) electrons. The van der Waals surface area contributed by atoms with Crippen LogP contribution in [0.5, 0.6) is 0 Å². The Bertz CT molecular complexity index is 1050. The minimum Gasteiger partial charge on any atom is -0.290 e. The molecule has 0 bridgehead atoms. The Hall–Kier alpha value is -3.75. The van der Waals surface area contributed by atoms with Gasteiger partial charge in [0, 0.05) is 32.1 Å². The summed E-state index contributed by atoms with van der Waals surface area (Å²) >= 11 is 0. The van der Waals surface area contributed by atoms with Crippen molar-refractivity contribution in [1.29, 1.82) is 5.26 Å². The Morgan fingerprint density at radius 3 is 1.69 bits per heavy atom. The lowest BCUT2D eigenvalue weighted by Crippen LogP contribution is -2.45. The normalized spacial score (nSPS) is 13.8. The van der Waals surface area contributed by atoms with Crippen molar-refractivity contribution in [2.75, 3.05) is 6.54 Å². The second kappa shape index (κ2) is 10.0. The summed E-state index contributed by atoms with van der Waals surface area (Å²) in [6, 6.07) is 29.3. The number of fused-ring (bicyclic) bond motifs is 1. The van der Waals surface area contributed by atoms with Crippen LogP contribution in [0.15, 0.2) is 84.9 Å². The maximum absolute atomic E-state index is 13.0. The summed E-state index contributed by atoms with van der Waals surface area (Å²) < 4.78 is 0. The molecule has 0 unspecified atom stereocenters. The van der Waals surface area contributed by atoms with E-state index in [4.69, 9.17) is 0 Å². The number of hydrogen-bond acceptors (Lipinski definition) is 4. The van der Waals surface area contributed by atoms with E-state index in [1.54, 1.807) is 24.3 Å². The molecule has 0 N–H and O–H groups in total. The molecule has 1 aliphatic heterocycles.